The number of Topliss-reactive ketones (excluding diaryl/α,β-unsaturated/α-hetero) is 2. The first-order valence-corrected chi connectivity index (χ1v) is 12.6. The molecule has 3 atom stereocenters. The lowest BCUT2D eigenvalue weighted by molar-refractivity contribution is -0.135. The summed E-state index contributed by atoms with van der Waals surface area (Å²) >= 11 is 0. The number of amides is 3. The fraction of sp³-hybridized carbons (Fsp3) is 0.481. The maximum Gasteiger partial charge on any atom is 0.319 e. The highest BCUT2D eigenvalue weighted by molar-refractivity contribution is 6.10. The maximum atomic E-state index is 13.5. The molecule has 2 N–H and O–H groups in total. The van der Waals surface area contributed by atoms with Crippen LogP contribution in [0.4, 0.5) is 9.18 Å². The zero-order valence-corrected chi connectivity index (χ0v) is 21.0. The smallest absolute Gasteiger partial charge is 0.319 e. The van der Waals surface area contributed by atoms with Crippen LogP contribution >= 0.6 is 0 Å². The number of halogens is 1. The van der Waals surface area contributed by atoms with Crippen molar-refractivity contribution in [3.05, 3.63) is 59.1 Å². The van der Waals surface area contributed by atoms with E-state index in [0.29, 0.717) is 18.0 Å². The van der Waals surface area contributed by atoms with Crippen molar-refractivity contribution in [2.45, 2.75) is 44.4 Å². The maximum absolute atomic E-state index is 13.5. The lowest BCUT2D eigenvalue weighted by atomic mass is 9.85. The van der Waals surface area contributed by atoms with Gasteiger partial charge < -0.3 is 20.3 Å². The molecule has 1 aromatic rings. The van der Waals surface area contributed by atoms with Gasteiger partial charge in [-0.15, -0.1) is 0 Å². The van der Waals surface area contributed by atoms with Gasteiger partial charge in [0.05, 0.1) is 18.2 Å². The zero-order valence-electron chi connectivity index (χ0n) is 21.0. The van der Waals surface area contributed by atoms with E-state index in [-0.39, 0.29) is 61.3 Å². The first-order valence-electron chi connectivity index (χ1n) is 12.6. The molecule has 0 radical (unpaired) electrons. The number of ether oxygens (including phenoxy) is 1. The zero-order chi connectivity index (χ0) is 26.3. The average molecular weight is 511 g/mol. The van der Waals surface area contributed by atoms with Crippen LogP contribution in [0.2, 0.25) is 0 Å². The summed E-state index contributed by atoms with van der Waals surface area (Å²) in [5.74, 6) is -1.17. The standard InChI is InChI=1S/C27H31FN4O5/c1-16(18-5-6-18)32(12-17-3-7-19(28)8-4-17)24(34)13-31-14-27(37-15-31)21-9-10-22(30-26(36)29-2)25(35)20(21)11-23(27)33/h3-4,7-10,16,18,20H,5-6,11-15H2,1-2H3,(H2,29,30,36). The Morgan fingerprint density at radius 1 is 1.22 bits per heavy atom. The van der Waals surface area contributed by atoms with Crippen molar-refractivity contribution in [2.75, 3.05) is 26.9 Å². The van der Waals surface area contributed by atoms with Gasteiger partial charge in [-0.1, -0.05) is 18.2 Å². The summed E-state index contributed by atoms with van der Waals surface area (Å²) in [7, 11) is 1.45. The predicted octanol–water partition coefficient (Wildman–Crippen LogP) is 1.89. The SMILES string of the molecule is CNC(=O)NC1=CC=C2C(CC(=O)C23CN(CC(=O)N(Cc2ccc(F)cc2)C(C)C2CC2)CO3)C1=O. The van der Waals surface area contributed by atoms with Gasteiger partial charge in [-0.2, -0.15) is 0 Å². The molecule has 0 aromatic heterocycles. The molecular weight excluding hydrogens is 479 g/mol. The molecule has 2 saturated carbocycles. The summed E-state index contributed by atoms with van der Waals surface area (Å²) in [5, 5.41) is 4.91. The van der Waals surface area contributed by atoms with Crippen molar-refractivity contribution in [1.82, 2.24) is 20.4 Å². The summed E-state index contributed by atoms with van der Waals surface area (Å²) in [6.07, 6.45) is 5.33. The van der Waals surface area contributed by atoms with Gasteiger partial charge in [-0.25, -0.2) is 9.18 Å². The summed E-state index contributed by atoms with van der Waals surface area (Å²) < 4.78 is 19.4. The van der Waals surface area contributed by atoms with Gasteiger partial charge in [0.15, 0.2) is 17.2 Å². The summed E-state index contributed by atoms with van der Waals surface area (Å²) in [6, 6.07) is 5.69. The van der Waals surface area contributed by atoms with E-state index in [4.69, 9.17) is 4.74 Å². The number of rotatable bonds is 7. The van der Waals surface area contributed by atoms with Crippen molar-refractivity contribution in [3.63, 3.8) is 0 Å². The number of nitrogens with zero attached hydrogens (tertiary/aromatic N) is 2. The molecule has 5 rings (SSSR count). The van der Waals surface area contributed by atoms with Crippen molar-refractivity contribution in [3.8, 4) is 0 Å². The second kappa shape index (κ2) is 9.83. The van der Waals surface area contributed by atoms with E-state index in [1.807, 2.05) is 11.8 Å². The van der Waals surface area contributed by atoms with Crippen LogP contribution < -0.4 is 10.6 Å². The molecule has 3 aliphatic carbocycles. The molecule has 1 aliphatic heterocycles. The van der Waals surface area contributed by atoms with Gasteiger partial charge in [0.2, 0.25) is 5.91 Å². The Balaban J connectivity index is 1.30. The Hall–Kier alpha value is -3.37. The number of carbonyl (C=O) groups is 4. The van der Waals surface area contributed by atoms with Crippen molar-refractivity contribution in [1.29, 1.82) is 0 Å². The molecule has 1 saturated heterocycles. The Kier molecular flexibility index (Phi) is 6.72. The van der Waals surface area contributed by atoms with E-state index < -0.39 is 17.6 Å². The highest BCUT2D eigenvalue weighted by Crippen LogP contribution is 2.46. The molecule has 0 bridgehead atoms. The third-order valence-electron chi connectivity index (χ3n) is 7.85. The number of hydrogen-bond donors (Lipinski definition) is 2. The van der Waals surface area contributed by atoms with E-state index in [0.717, 1.165) is 18.4 Å². The number of hydrogen-bond acceptors (Lipinski definition) is 6. The minimum atomic E-state index is -1.26. The van der Waals surface area contributed by atoms with Crippen molar-refractivity contribution >= 4 is 23.5 Å². The second-order valence-electron chi connectivity index (χ2n) is 10.3. The fourth-order valence-corrected chi connectivity index (χ4v) is 5.53. The van der Waals surface area contributed by atoms with E-state index in [1.54, 1.807) is 23.1 Å². The summed E-state index contributed by atoms with van der Waals surface area (Å²) in [6.45, 7) is 2.76. The summed E-state index contributed by atoms with van der Waals surface area (Å²) in [5.41, 5.74) is 0.298. The van der Waals surface area contributed by atoms with Crippen LogP contribution in [0.3, 0.4) is 0 Å². The van der Waals surface area contributed by atoms with Crippen molar-refractivity contribution < 1.29 is 28.3 Å². The Bertz CT molecular complexity index is 1190. The Labute approximate surface area is 214 Å². The number of nitrogens with one attached hydrogen (secondary N) is 2. The number of ketones is 2. The van der Waals surface area contributed by atoms with Crippen LogP contribution in [-0.2, 0) is 25.7 Å². The normalized spacial score (nSPS) is 26.0. The van der Waals surface area contributed by atoms with Crippen LogP contribution in [0.15, 0.2) is 47.7 Å². The quantitative estimate of drug-likeness (QED) is 0.580. The van der Waals surface area contributed by atoms with Gasteiger partial charge in [0.25, 0.3) is 0 Å². The highest BCUT2D eigenvalue weighted by Gasteiger charge is 2.58. The van der Waals surface area contributed by atoms with E-state index >= 15 is 0 Å². The molecule has 3 unspecified atom stereocenters. The second-order valence-corrected chi connectivity index (χ2v) is 10.3. The first-order chi connectivity index (χ1) is 17.7. The summed E-state index contributed by atoms with van der Waals surface area (Å²) in [4.78, 5) is 54.9. The molecule has 9 nitrogen and oxygen atoms in total. The minimum absolute atomic E-state index is 0.00533. The van der Waals surface area contributed by atoms with Gasteiger partial charge in [-0.05, 0) is 55.0 Å². The van der Waals surface area contributed by atoms with Crippen LogP contribution in [0, 0.1) is 17.7 Å². The number of fused-ring (bicyclic) bond motifs is 2. The van der Waals surface area contributed by atoms with Gasteiger partial charge in [0, 0.05) is 32.6 Å². The third kappa shape index (κ3) is 4.83. The molecule has 3 fully saturated rings. The molecule has 196 valence electrons. The number of carbonyl (C=O) groups excluding carboxylic acids is 4. The van der Waals surface area contributed by atoms with Crippen LogP contribution in [-0.4, -0.2) is 71.8 Å². The predicted molar refractivity (Wildman–Crippen MR) is 131 cm³/mol. The topological polar surface area (TPSA) is 108 Å². The largest absolute Gasteiger partial charge is 0.346 e. The minimum Gasteiger partial charge on any atom is -0.346 e. The van der Waals surface area contributed by atoms with Gasteiger partial charge in [-0.3, -0.25) is 19.3 Å². The third-order valence-corrected chi connectivity index (χ3v) is 7.85. The fourth-order valence-electron chi connectivity index (χ4n) is 5.53. The lowest BCUT2D eigenvalue weighted by Crippen LogP contribution is -2.46. The molecule has 1 spiro atoms. The Morgan fingerprint density at radius 2 is 1.95 bits per heavy atom. The molecule has 1 heterocycles. The van der Waals surface area contributed by atoms with E-state index in [2.05, 4.69) is 10.6 Å². The average Bonchev–Trinajstić information content (AvgIpc) is 3.59. The number of allylic oxidation sites excluding steroid dienone is 3. The van der Waals surface area contributed by atoms with E-state index in [1.165, 1.54) is 25.3 Å². The molecular formula is C27H31FN4O5. The Morgan fingerprint density at radius 3 is 2.62 bits per heavy atom. The van der Waals surface area contributed by atoms with Crippen LogP contribution in [0.5, 0.6) is 0 Å². The molecule has 4 aliphatic rings. The molecule has 10 heteroatoms. The highest BCUT2D eigenvalue weighted by atomic mass is 19.1. The van der Waals surface area contributed by atoms with Gasteiger partial charge >= 0.3 is 6.03 Å². The van der Waals surface area contributed by atoms with Crippen LogP contribution in [0.1, 0.15) is 31.7 Å². The van der Waals surface area contributed by atoms with Crippen LogP contribution in [0.25, 0.3) is 0 Å². The first kappa shape index (κ1) is 25.3. The monoisotopic (exact) mass is 510 g/mol. The molecule has 3 amide bonds. The number of urea groups is 1. The van der Waals surface area contributed by atoms with Gasteiger partial charge in [0.1, 0.15) is 12.5 Å². The lowest BCUT2D eigenvalue weighted by Gasteiger charge is -2.31. The van der Waals surface area contributed by atoms with E-state index in [9.17, 15) is 23.6 Å². The molecule has 37 heavy (non-hydrogen) atoms. The number of benzene rings is 1. The van der Waals surface area contributed by atoms with Crippen molar-refractivity contribution in [2.24, 2.45) is 11.8 Å². The molecule has 1 aromatic carbocycles.